The van der Waals surface area contributed by atoms with Gasteiger partial charge in [-0.05, 0) is 37.8 Å². The molecule has 0 nitrogen and oxygen atoms in total. The first-order valence-corrected chi connectivity index (χ1v) is 6.13. The molecule has 0 amide bonds. The van der Waals surface area contributed by atoms with Crippen LogP contribution in [0.5, 0.6) is 0 Å². The molecular formula is C12H15BrF2. The van der Waals surface area contributed by atoms with Gasteiger partial charge in [-0.1, -0.05) is 28.9 Å². The number of rotatable bonds is 5. The molecule has 0 aliphatic carbocycles. The van der Waals surface area contributed by atoms with Gasteiger partial charge in [0.1, 0.15) is 11.6 Å². The molecule has 0 saturated carbocycles. The normalized spacial score (nSPS) is 12.8. The Balaban J connectivity index is 2.50. The van der Waals surface area contributed by atoms with Crippen LogP contribution < -0.4 is 0 Å². The van der Waals surface area contributed by atoms with Crippen molar-refractivity contribution in [1.82, 2.24) is 0 Å². The van der Waals surface area contributed by atoms with Crippen molar-refractivity contribution in [2.75, 3.05) is 0 Å². The fourth-order valence-corrected chi connectivity index (χ4v) is 1.80. The van der Waals surface area contributed by atoms with Gasteiger partial charge in [0, 0.05) is 10.4 Å². The molecule has 0 saturated heterocycles. The van der Waals surface area contributed by atoms with Gasteiger partial charge < -0.3 is 0 Å². The third-order valence-corrected chi connectivity index (χ3v) is 3.55. The molecule has 1 unspecified atom stereocenters. The Kier molecular flexibility index (Phi) is 5.23. The highest BCUT2D eigenvalue weighted by atomic mass is 79.9. The van der Waals surface area contributed by atoms with Gasteiger partial charge in [0.15, 0.2) is 0 Å². The maximum Gasteiger partial charge on any atom is 0.129 e. The predicted octanol–water partition coefficient (Wildman–Crippen LogP) is 4.46. The van der Waals surface area contributed by atoms with Gasteiger partial charge in [0.25, 0.3) is 0 Å². The summed E-state index contributed by atoms with van der Waals surface area (Å²) in [6.45, 7) is 2.09. The fourth-order valence-electron chi connectivity index (χ4n) is 1.48. The number of benzene rings is 1. The standard InChI is InChI=1S/C12H15BrF2/c1-2-9(13)5-3-6-10-11(14)7-4-8-12(10)15/h4,7-9H,2-3,5-6H2,1H3. The van der Waals surface area contributed by atoms with E-state index in [2.05, 4.69) is 22.9 Å². The second kappa shape index (κ2) is 6.21. The predicted molar refractivity (Wildman–Crippen MR) is 62.3 cm³/mol. The average molecular weight is 277 g/mol. The number of halogens is 3. The Bertz CT molecular complexity index is 292. The maximum atomic E-state index is 13.2. The van der Waals surface area contributed by atoms with Crippen LogP contribution in [0, 0.1) is 11.6 Å². The lowest BCUT2D eigenvalue weighted by Crippen LogP contribution is -2.00. The van der Waals surface area contributed by atoms with Crippen molar-refractivity contribution in [1.29, 1.82) is 0 Å². The van der Waals surface area contributed by atoms with Gasteiger partial charge in [-0.2, -0.15) is 0 Å². The highest BCUT2D eigenvalue weighted by Crippen LogP contribution is 2.18. The molecule has 3 heteroatoms. The summed E-state index contributed by atoms with van der Waals surface area (Å²) < 4.78 is 26.4. The van der Waals surface area contributed by atoms with Crippen molar-refractivity contribution in [2.45, 2.75) is 37.4 Å². The molecule has 1 aromatic carbocycles. The van der Waals surface area contributed by atoms with Gasteiger partial charge >= 0.3 is 0 Å². The molecular weight excluding hydrogens is 262 g/mol. The van der Waals surface area contributed by atoms with Crippen LogP contribution in [-0.2, 0) is 6.42 Å². The SMILES string of the molecule is CCC(Br)CCCc1c(F)cccc1F. The van der Waals surface area contributed by atoms with Crippen molar-refractivity contribution in [2.24, 2.45) is 0 Å². The van der Waals surface area contributed by atoms with E-state index in [9.17, 15) is 8.78 Å². The fraction of sp³-hybridized carbons (Fsp3) is 0.500. The Morgan fingerprint density at radius 2 is 1.87 bits per heavy atom. The van der Waals surface area contributed by atoms with E-state index in [1.165, 1.54) is 18.2 Å². The summed E-state index contributed by atoms with van der Waals surface area (Å²) in [5.74, 6) is -0.866. The monoisotopic (exact) mass is 276 g/mol. The molecule has 0 fully saturated rings. The summed E-state index contributed by atoms with van der Waals surface area (Å²) in [5.41, 5.74) is 0.216. The van der Waals surface area contributed by atoms with Gasteiger partial charge in [-0.25, -0.2) is 8.78 Å². The second-order valence-electron chi connectivity index (χ2n) is 3.60. The highest BCUT2D eigenvalue weighted by molar-refractivity contribution is 9.09. The largest absolute Gasteiger partial charge is 0.207 e. The van der Waals surface area contributed by atoms with Gasteiger partial charge in [0.2, 0.25) is 0 Å². The molecule has 15 heavy (non-hydrogen) atoms. The lowest BCUT2D eigenvalue weighted by Gasteiger charge is -2.07. The minimum absolute atomic E-state index is 0.216. The topological polar surface area (TPSA) is 0 Å². The molecule has 0 heterocycles. The van der Waals surface area contributed by atoms with Crippen LogP contribution in [0.25, 0.3) is 0 Å². The first-order chi connectivity index (χ1) is 7.15. The van der Waals surface area contributed by atoms with E-state index in [0.717, 1.165) is 19.3 Å². The Hall–Kier alpha value is -0.440. The second-order valence-corrected chi connectivity index (χ2v) is 4.89. The third-order valence-electron chi connectivity index (χ3n) is 2.45. The van der Waals surface area contributed by atoms with E-state index in [4.69, 9.17) is 0 Å². The molecule has 0 aliphatic heterocycles. The first kappa shape index (κ1) is 12.6. The number of hydrogen-bond donors (Lipinski definition) is 0. The van der Waals surface area contributed by atoms with Gasteiger partial charge in [-0.15, -0.1) is 0 Å². The van der Waals surface area contributed by atoms with Gasteiger partial charge in [0.05, 0.1) is 0 Å². The lowest BCUT2D eigenvalue weighted by molar-refractivity contribution is 0.545. The summed E-state index contributed by atoms with van der Waals surface area (Å²) in [6.07, 6.45) is 3.27. The zero-order valence-electron chi connectivity index (χ0n) is 8.77. The summed E-state index contributed by atoms with van der Waals surface area (Å²) in [5, 5.41) is 0. The van der Waals surface area contributed by atoms with Crippen LogP contribution in [0.15, 0.2) is 18.2 Å². The maximum absolute atomic E-state index is 13.2. The summed E-state index contributed by atoms with van der Waals surface area (Å²) >= 11 is 3.50. The molecule has 1 atom stereocenters. The zero-order chi connectivity index (χ0) is 11.3. The molecule has 0 spiro atoms. The van der Waals surface area contributed by atoms with E-state index in [-0.39, 0.29) is 5.56 Å². The molecule has 1 rings (SSSR count). The molecule has 0 radical (unpaired) electrons. The molecule has 0 bridgehead atoms. The Labute approximate surface area is 97.8 Å². The third kappa shape index (κ3) is 3.90. The average Bonchev–Trinajstić information content (AvgIpc) is 2.22. The smallest absolute Gasteiger partial charge is 0.129 e. The minimum atomic E-state index is -0.433. The van der Waals surface area contributed by atoms with Crippen LogP contribution in [-0.4, -0.2) is 4.83 Å². The molecule has 0 aromatic heterocycles. The highest BCUT2D eigenvalue weighted by Gasteiger charge is 2.08. The molecule has 0 aliphatic rings. The minimum Gasteiger partial charge on any atom is -0.207 e. The summed E-state index contributed by atoms with van der Waals surface area (Å²) in [7, 11) is 0. The first-order valence-electron chi connectivity index (χ1n) is 5.22. The molecule has 0 N–H and O–H groups in total. The quantitative estimate of drug-likeness (QED) is 0.697. The van der Waals surface area contributed by atoms with Crippen molar-refractivity contribution in [3.05, 3.63) is 35.4 Å². The van der Waals surface area contributed by atoms with E-state index in [1.54, 1.807) is 0 Å². The number of hydrogen-bond acceptors (Lipinski definition) is 0. The van der Waals surface area contributed by atoms with Crippen LogP contribution in [0.1, 0.15) is 31.7 Å². The van der Waals surface area contributed by atoms with Crippen LogP contribution in [0.2, 0.25) is 0 Å². The van der Waals surface area contributed by atoms with Crippen molar-refractivity contribution in [3.63, 3.8) is 0 Å². The van der Waals surface area contributed by atoms with Crippen LogP contribution in [0.3, 0.4) is 0 Å². The van der Waals surface area contributed by atoms with Crippen LogP contribution >= 0.6 is 15.9 Å². The molecule has 1 aromatic rings. The molecule has 84 valence electrons. The summed E-state index contributed by atoms with van der Waals surface area (Å²) in [6, 6.07) is 4.02. The van der Waals surface area contributed by atoms with Crippen molar-refractivity contribution in [3.8, 4) is 0 Å². The Morgan fingerprint density at radius 3 is 2.40 bits per heavy atom. The van der Waals surface area contributed by atoms with E-state index in [0.29, 0.717) is 11.2 Å². The van der Waals surface area contributed by atoms with E-state index < -0.39 is 11.6 Å². The lowest BCUT2D eigenvalue weighted by atomic mass is 10.1. The van der Waals surface area contributed by atoms with E-state index >= 15 is 0 Å². The van der Waals surface area contributed by atoms with Crippen molar-refractivity contribution >= 4 is 15.9 Å². The summed E-state index contributed by atoms with van der Waals surface area (Å²) in [4.78, 5) is 0.451. The van der Waals surface area contributed by atoms with Crippen molar-refractivity contribution < 1.29 is 8.78 Å². The Morgan fingerprint density at radius 1 is 1.27 bits per heavy atom. The van der Waals surface area contributed by atoms with Gasteiger partial charge in [-0.3, -0.25) is 0 Å². The zero-order valence-corrected chi connectivity index (χ0v) is 10.4. The van der Waals surface area contributed by atoms with Crippen LogP contribution in [0.4, 0.5) is 8.78 Å². The number of alkyl halides is 1. The van der Waals surface area contributed by atoms with E-state index in [1.807, 2.05) is 0 Å².